The number of pyridine rings is 1. The van der Waals surface area contributed by atoms with Gasteiger partial charge in [-0.25, -0.2) is 4.98 Å². The fourth-order valence-electron chi connectivity index (χ4n) is 2.93. The summed E-state index contributed by atoms with van der Waals surface area (Å²) in [6.07, 6.45) is 5.70. The summed E-state index contributed by atoms with van der Waals surface area (Å²) in [6.45, 7) is 0.725. The molecule has 0 aliphatic heterocycles. The molecule has 24 heavy (non-hydrogen) atoms. The van der Waals surface area contributed by atoms with Crippen molar-refractivity contribution in [2.45, 2.75) is 12.6 Å². The Bertz CT molecular complexity index is 941. The molecule has 0 aliphatic rings. The van der Waals surface area contributed by atoms with Gasteiger partial charge in [-0.05, 0) is 23.6 Å². The molecule has 4 aromatic rings. The number of imidazole rings is 1. The third-order valence-corrected chi connectivity index (χ3v) is 5.08. The van der Waals surface area contributed by atoms with E-state index in [0.29, 0.717) is 0 Å². The Hall–Kier alpha value is -2.50. The lowest BCUT2D eigenvalue weighted by molar-refractivity contribution is 0.0911. The first-order valence-electron chi connectivity index (χ1n) is 7.78. The lowest BCUT2D eigenvalue weighted by atomic mass is 10.1. The highest BCUT2D eigenvalue weighted by Crippen LogP contribution is 2.29. The van der Waals surface area contributed by atoms with E-state index >= 15 is 0 Å². The van der Waals surface area contributed by atoms with Crippen LogP contribution >= 0.6 is 11.3 Å². The molecule has 1 aromatic carbocycles. The normalized spacial score (nSPS) is 12.5. The molecule has 0 aliphatic carbocycles. The number of methoxy groups -OCH3 is 1. The summed E-state index contributed by atoms with van der Waals surface area (Å²) >= 11 is 1.71. The van der Waals surface area contributed by atoms with E-state index in [4.69, 9.17) is 4.74 Å². The monoisotopic (exact) mass is 335 g/mol. The summed E-state index contributed by atoms with van der Waals surface area (Å²) in [5.74, 6) is 0.937. The molecule has 0 fully saturated rings. The molecule has 3 aromatic heterocycles. The van der Waals surface area contributed by atoms with Gasteiger partial charge in [-0.3, -0.25) is 4.98 Å². The predicted octanol–water partition coefficient (Wildman–Crippen LogP) is 4.55. The van der Waals surface area contributed by atoms with Crippen molar-refractivity contribution >= 4 is 22.2 Å². The molecule has 1 unspecified atom stereocenters. The minimum Gasteiger partial charge on any atom is -0.374 e. The van der Waals surface area contributed by atoms with Crippen LogP contribution in [0.4, 0.5) is 0 Å². The Kier molecular flexibility index (Phi) is 4.11. The van der Waals surface area contributed by atoms with Crippen LogP contribution in [0.1, 0.15) is 11.0 Å². The number of fused-ring (bicyclic) bond motifs is 1. The van der Waals surface area contributed by atoms with Crippen LogP contribution in [-0.2, 0) is 11.3 Å². The summed E-state index contributed by atoms with van der Waals surface area (Å²) in [5.41, 5.74) is 2.07. The zero-order valence-electron chi connectivity index (χ0n) is 13.3. The summed E-state index contributed by atoms with van der Waals surface area (Å²) in [5, 5.41) is 3.18. The van der Waals surface area contributed by atoms with Gasteiger partial charge in [0, 0.05) is 41.5 Å². The van der Waals surface area contributed by atoms with Crippen LogP contribution in [0, 0.1) is 0 Å². The molecule has 0 amide bonds. The molecule has 0 saturated heterocycles. The topological polar surface area (TPSA) is 39.9 Å². The fourth-order valence-corrected chi connectivity index (χ4v) is 3.72. The number of para-hydroxylation sites is 1. The van der Waals surface area contributed by atoms with Crippen molar-refractivity contribution in [2.75, 3.05) is 7.11 Å². The number of thiophene rings is 1. The van der Waals surface area contributed by atoms with Crippen LogP contribution < -0.4 is 0 Å². The minimum absolute atomic E-state index is 0.0195. The Labute approximate surface area is 144 Å². The Morgan fingerprint density at radius 1 is 1.08 bits per heavy atom. The molecule has 0 spiro atoms. The van der Waals surface area contributed by atoms with Gasteiger partial charge in [0.25, 0.3) is 0 Å². The van der Waals surface area contributed by atoms with E-state index in [-0.39, 0.29) is 6.10 Å². The van der Waals surface area contributed by atoms with Gasteiger partial charge >= 0.3 is 0 Å². The molecule has 0 radical (unpaired) electrons. The zero-order chi connectivity index (χ0) is 16.4. The molecule has 4 rings (SSSR count). The van der Waals surface area contributed by atoms with Crippen LogP contribution in [-0.4, -0.2) is 21.6 Å². The van der Waals surface area contributed by atoms with Crippen LogP contribution in [0.15, 0.2) is 66.4 Å². The van der Waals surface area contributed by atoms with E-state index in [1.165, 1.54) is 4.88 Å². The summed E-state index contributed by atoms with van der Waals surface area (Å²) in [7, 11) is 1.75. The van der Waals surface area contributed by atoms with Gasteiger partial charge in [-0.1, -0.05) is 24.3 Å². The first-order valence-corrected chi connectivity index (χ1v) is 8.66. The zero-order valence-corrected chi connectivity index (χ0v) is 14.1. The molecular weight excluding hydrogens is 318 g/mol. The summed E-state index contributed by atoms with van der Waals surface area (Å²) in [4.78, 5) is 10.2. The third kappa shape index (κ3) is 2.72. The average Bonchev–Trinajstić information content (AvgIpc) is 3.31. The third-order valence-electron chi connectivity index (χ3n) is 4.11. The smallest absolute Gasteiger partial charge is 0.140 e. The number of benzene rings is 1. The highest BCUT2D eigenvalue weighted by atomic mass is 32.1. The molecule has 1 atom stereocenters. The molecule has 120 valence electrons. The van der Waals surface area contributed by atoms with Gasteiger partial charge in [-0.2, -0.15) is 0 Å². The van der Waals surface area contributed by atoms with Crippen LogP contribution in [0.25, 0.3) is 22.3 Å². The van der Waals surface area contributed by atoms with Gasteiger partial charge in [0.1, 0.15) is 11.9 Å². The maximum absolute atomic E-state index is 5.70. The van der Waals surface area contributed by atoms with Crippen molar-refractivity contribution in [3.8, 4) is 11.4 Å². The second kappa shape index (κ2) is 6.55. The van der Waals surface area contributed by atoms with Gasteiger partial charge in [0.05, 0.1) is 12.1 Å². The van der Waals surface area contributed by atoms with Crippen molar-refractivity contribution in [3.63, 3.8) is 0 Å². The van der Waals surface area contributed by atoms with Gasteiger partial charge in [0.15, 0.2) is 0 Å². The Morgan fingerprint density at radius 3 is 2.83 bits per heavy atom. The number of rotatable bonds is 5. The molecule has 3 heterocycles. The van der Waals surface area contributed by atoms with E-state index < -0.39 is 0 Å². The number of hydrogen-bond donors (Lipinski definition) is 0. The molecule has 5 heteroatoms. The standard InChI is InChI=1S/C19H17N3OS/c1-23-17(18-7-4-12-24-18)13-22-11-10-21-19(22)15-8-9-20-16-6-3-2-5-14(15)16/h2-12,17H,13H2,1H3. The van der Waals surface area contributed by atoms with E-state index in [9.17, 15) is 0 Å². The number of aromatic nitrogens is 3. The maximum Gasteiger partial charge on any atom is 0.140 e. The van der Waals surface area contributed by atoms with E-state index in [2.05, 4.69) is 38.1 Å². The van der Waals surface area contributed by atoms with Crippen molar-refractivity contribution in [3.05, 3.63) is 71.3 Å². The summed E-state index contributed by atoms with van der Waals surface area (Å²) < 4.78 is 7.84. The molecule has 0 saturated carbocycles. The van der Waals surface area contributed by atoms with Crippen LogP contribution in [0.2, 0.25) is 0 Å². The van der Waals surface area contributed by atoms with E-state index in [1.54, 1.807) is 18.4 Å². The SMILES string of the molecule is COC(Cn1ccnc1-c1ccnc2ccccc12)c1cccs1. The first kappa shape index (κ1) is 15.1. The van der Waals surface area contributed by atoms with Gasteiger partial charge < -0.3 is 9.30 Å². The summed E-state index contributed by atoms with van der Waals surface area (Å²) in [6, 6.07) is 14.3. The van der Waals surface area contributed by atoms with E-state index in [1.807, 2.05) is 42.9 Å². The molecule has 0 bridgehead atoms. The maximum atomic E-state index is 5.70. The molecule has 0 N–H and O–H groups in total. The van der Waals surface area contributed by atoms with Crippen LogP contribution in [0.5, 0.6) is 0 Å². The van der Waals surface area contributed by atoms with Crippen molar-refractivity contribution < 1.29 is 4.74 Å². The van der Waals surface area contributed by atoms with E-state index in [0.717, 1.165) is 28.8 Å². The second-order valence-corrected chi connectivity index (χ2v) is 6.50. The minimum atomic E-state index is 0.0195. The number of nitrogens with zero attached hydrogens (tertiary/aromatic N) is 3. The Balaban J connectivity index is 1.74. The number of ether oxygens (including phenoxy) is 1. The Morgan fingerprint density at radius 2 is 2.00 bits per heavy atom. The van der Waals surface area contributed by atoms with Gasteiger partial charge in [-0.15, -0.1) is 11.3 Å². The quantitative estimate of drug-likeness (QED) is 0.537. The van der Waals surface area contributed by atoms with Crippen LogP contribution in [0.3, 0.4) is 0 Å². The highest BCUT2D eigenvalue weighted by molar-refractivity contribution is 7.10. The van der Waals surface area contributed by atoms with Crippen molar-refractivity contribution in [1.82, 2.24) is 14.5 Å². The first-order chi connectivity index (χ1) is 11.9. The fraction of sp³-hybridized carbons (Fsp3) is 0.158. The van der Waals surface area contributed by atoms with Crippen molar-refractivity contribution in [1.29, 1.82) is 0 Å². The highest BCUT2D eigenvalue weighted by Gasteiger charge is 2.16. The van der Waals surface area contributed by atoms with Gasteiger partial charge in [0.2, 0.25) is 0 Å². The number of hydrogen-bond acceptors (Lipinski definition) is 4. The second-order valence-electron chi connectivity index (χ2n) is 5.52. The molecular formula is C19H17N3OS. The lowest BCUT2D eigenvalue weighted by Gasteiger charge is -2.17. The van der Waals surface area contributed by atoms with Crippen molar-refractivity contribution in [2.24, 2.45) is 0 Å². The average molecular weight is 335 g/mol. The lowest BCUT2D eigenvalue weighted by Crippen LogP contribution is -2.10. The largest absolute Gasteiger partial charge is 0.374 e. The molecule has 4 nitrogen and oxygen atoms in total. The predicted molar refractivity (Wildman–Crippen MR) is 97.0 cm³/mol.